The molecule has 0 spiro atoms. The Morgan fingerprint density at radius 2 is 2.18 bits per heavy atom. The fourth-order valence-electron chi connectivity index (χ4n) is 2.80. The second-order valence-corrected chi connectivity index (χ2v) is 5.26. The number of nitrogens with one attached hydrogen (secondary N) is 1. The summed E-state index contributed by atoms with van der Waals surface area (Å²) in [4.78, 5) is 0. The van der Waals surface area contributed by atoms with Crippen molar-refractivity contribution >= 4 is 0 Å². The molecule has 96 valence electrons. The van der Waals surface area contributed by atoms with Crippen LogP contribution in [0.5, 0.6) is 0 Å². The quantitative estimate of drug-likeness (QED) is 0.768. The van der Waals surface area contributed by atoms with Gasteiger partial charge in [0.25, 0.3) is 0 Å². The highest BCUT2D eigenvalue weighted by Gasteiger charge is 2.18. The maximum atomic E-state index is 4.21. The molecule has 1 unspecified atom stereocenters. The molecule has 2 rings (SSSR count). The van der Waals surface area contributed by atoms with Crippen LogP contribution in [0, 0.1) is 5.92 Å². The minimum atomic E-state index is 0.688. The van der Waals surface area contributed by atoms with E-state index in [0.717, 1.165) is 19.0 Å². The van der Waals surface area contributed by atoms with E-state index in [-0.39, 0.29) is 0 Å². The molecule has 1 fully saturated rings. The van der Waals surface area contributed by atoms with Gasteiger partial charge >= 0.3 is 0 Å². The van der Waals surface area contributed by atoms with Gasteiger partial charge in [-0.2, -0.15) is 5.10 Å². The molecule has 1 N–H and O–H groups in total. The van der Waals surface area contributed by atoms with Crippen LogP contribution in [0.25, 0.3) is 0 Å². The van der Waals surface area contributed by atoms with E-state index in [1.807, 2.05) is 23.1 Å². The third-order valence-electron chi connectivity index (χ3n) is 3.95. The summed E-state index contributed by atoms with van der Waals surface area (Å²) >= 11 is 0. The van der Waals surface area contributed by atoms with Crippen LogP contribution in [0.3, 0.4) is 0 Å². The number of hydrogen-bond acceptors (Lipinski definition) is 2. The highest BCUT2D eigenvalue weighted by Crippen LogP contribution is 2.26. The van der Waals surface area contributed by atoms with Crippen molar-refractivity contribution in [2.24, 2.45) is 5.92 Å². The predicted octanol–water partition coefficient (Wildman–Crippen LogP) is 2.83. The molecule has 0 radical (unpaired) electrons. The molecule has 0 aromatic carbocycles. The maximum absolute atomic E-state index is 4.21. The molecule has 1 aliphatic carbocycles. The van der Waals surface area contributed by atoms with Crippen LogP contribution < -0.4 is 5.32 Å². The van der Waals surface area contributed by atoms with E-state index in [2.05, 4.69) is 17.3 Å². The van der Waals surface area contributed by atoms with Crippen LogP contribution in [0.4, 0.5) is 0 Å². The summed E-state index contributed by atoms with van der Waals surface area (Å²) < 4.78 is 2.01. The number of aryl methyl sites for hydroxylation is 1. The molecule has 1 saturated carbocycles. The Morgan fingerprint density at radius 3 is 2.88 bits per heavy atom. The van der Waals surface area contributed by atoms with Gasteiger partial charge in [-0.05, 0) is 44.7 Å². The Kier molecular flexibility index (Phi) is 5.05. The second-order valence-electron chi connectivity index (χ2n) is 5.26. The van der Waals surface area contributed by atoms with Gasteiger partial charge in [0, 0.05) is 25.0 Å². The molecular weight excluding hydrogens is 210 g/mol. The van der Waals surface area contributed by atoms with Crippen molar-refractivity contribution < 1.29 is 0 Å². The van der Waals surface area contributed by atoms with Crippen molar-refractivity contribution in [3.8, 4) is 0 Å². The molecule has 3 nitrogen and oxygen atoms in total. The van der Waals surface area contributed by atoms with Crippen LogP contribution in [0.1, 0.15) is 45.4 Å². The standard InChI is InChI=1S/C14H25N3/c1-13(14-7-3-2-4-8-14)15-9-5-11-17-12-6-10-16-17/h6,10,12-15H,2-5,7-9,11H2,1H3. The normalized spacial score (nSPS) is 19.4. The Labute approximate surface area is 105 Å². The summed E-state index contributed by atoms with van der Waals surface area (Å²) in [5.41, 5.74) is 0. The highest BCUT2D eigenvalue weighted by molar-refractivity contribution is 4.78. The van der Waals surface area contributed by atoms with E-state index < -0.39 is 0 Å². The molecule has 1 aromatic heterocycles. The molecule has 0 amide bonds. The molecule has 17 heavy (non-hydrogen) atoms. The monoisotopic (exact) mass is 235 g/mol. The summed E-state index contributed by atoms with van der Waals surface area (Å²) in [7, 11) is 0. The van der Waals surface area contributed by atoms with E-state index in [1.54, 1.807) is 0 Å². The van der Waals surface area contributed by atoms with Crippen LogP contribution in [0.15, 0.2) is 18.5 Å². The molecule has 1 aliphatic rings. The van der Waals surface area contributed by atoms with Crippen LogP contribution in [0.2, 0.25) is 0 Å². The van der Waals surface area contributed by atoms with Gasteiger partial charge in [-0.15, -0.1) is 0 Å². The lowest BCUT2D eigenvalue weighted by Crippen LogP contribution is -2.35. The summed E-state index contributed by atoms with van der Waals surface area (Å²) in [5.74, 6) is 0.911. The van der Waals surface area contributed by atoms with Gasteiger partial charge in [0.15, 0.2) is 0 Å². The topological polar surface area (TPSA) is 29.9 Å². The first-order chi connectivity index (χ1) is 8.36. The van der Waals surface area contributed by atoms with Crippen LogP contribution in [-0.2, 0) is 6.54 Å². The van der Waals surface area contributed by atoms with E-state index in [9.17, 15) is 0 Å². The third-order valence-corrected chi connectivity index (χ3v) is 3.95. The first-order valence-electron chi connectivity index (χ1n) is 7.07. The van der Waals surface area contributed by atoms with Crippen molar-refractivity contribution in [2.75, 3.05) is 6.54 Å². The largest absolute Gasteiger partial charge is 0.314 e. The summed E-state index contributed by atoms with van der Waals surface area (Å²) in [6.07, 6.45) is 12.2. The average Bonchev–Trinajstić information content (AvgIpc) is 2.88. The minimum Gasteiger partial charge on any atom is -0.314 e. The molecule has 1 aromatic rings. The first-order valence-corrected chi connectivity index (χ1v) is 7.07. The van der Waals surface area contributed by atoms with Gasteiger partial charge in [0.1, 0.15) is 0 Å². The van der Waals surface area contributed by atoms with Crippen molar-refractivity contribution in [3.05, 3.63) is 18.5 Å². The molecule has 1 heterocycles. The fourth-order valence-corrected chi connectivity index (χ4v) is 2.80. The summed E-state index contributed by atoms with van der Waals surface area (Å²) in [6.45, 7) is 4.48. The van der Waals surface area contributed by atoms with Crippen molar-refractivity contribution in [2.45, 2.75) is 58.0 Å². The van der Waals surface area contributed by atoms with Gasteiger partial charge in [-0.1, -0.05) is 19.3 Å². The summed E-state index contributed by atoms with van der Waals surface area (Å²) in [5, 5.41) is 7.89. The van der Waals surface area contributed by atoms with Crippen LogP contribution >= 0.6 is 0 Å². The number of aromatic nitrogens is 2. The third kappa shape index (κ3) is 4.15. The van der Waals surface area contributed by atoms with Gasteiger partial charge in [0.2, 0.25) is 0 Å². The smallest absolute Gasteiger partial charge is 0.0489 e. The zero-order valence-corrected chi connectivity index (χ0v) is 10.9. The molecule has 0 aliphatic heterocycles. The number of nitrogens with zero attached hydrogens (tertiary/aromatic N) is 2. The lowest BCUT2D eigenvalue weighted by molar-refractivity contribution is 0.280. The van der Waals surface area contributed by atoms with Gasteiger partial charge in [-0.25, -0.2) is 0 Å². The summed E-state index contributed by atoms with van der Waals surface area (Å²) in [6, 6.07) is 2.67. The Balaban J connectivity index is 1.57. The minimum absolute atomic E-state index is 0.688. The van der Waals surface area contributed by atoms with E-state index in [1.165, 1.54) is 38.5 Å². The van der Waals surface area contributed by atoms with E-state index in [0.29, 0.717) is 6.04 Å². The molecule has 0 bridgehead atoms. The van der Waals surface area contributed by atoms with E-state index >= 15 is 0 Å². The van der Waals surface area contributed by atoms with Crippen LogP contribution in [-0.4, -0.2) is 22.4 Å². The number of hydrogen-bond donors (Lipinski definition) is 1. The van der Waals surface area contributed by atoms with Crippen molar-refractivity contribution in [1.82, 2.24) is 15.1 Å². The van der Waals surface area contributed by atoms with Gasteiger partial charge in [-0.3, -0.25) is 4.68 Å². The first kappa shape index (κ1) is 12.6. The van der Waals surface area contributed by atoms with E-state index in [4.69, 9.17) is 0 Å². The number of rotatable bonds is 6. The maximum Gasteiger partial charge on any atom is 0.0489 e. The average molecular weight is 235 g/mol. The Bertz CT molecular complexity index is 288. The van der Waals surface area contributed by atoms with Gasteiger partial charge < -0.3 is 5.32 Å². The zero-order chi connectivity index (χ0) is 11.9. The second kappa shape index (κ2) is 6.80. The fraction of sp³-hybridized carbons (Fsp3) is 0.786. The zero-order valence-electron chi connectivity index (χ0n) is 10.9. The highest BCUT2D eigenvalue weighted by atomic mass is 15.3. The molecule has 0 saturated heterocycles. The lowest BCUT2D eigenvalue weighted by Gasteiger charge is -2.28. The predicted molar refractivity (Wildman–Crippen MR) is 70.9 cm³/mol. The SMILES string of the molecule is CC(NCCCn1cccn1)C1CCCCC1. The van der Waals surface area contributed by atoms with Crippen molar-refractivity contribution in [1.29, 1.82) is 0 Å². The molecule has 1 atom stereocenters. The van der Waals surface area contributed by atoms with Crippen molar-refractivity contribution in [3.63, 3.8) is 0 Å². The molecular formula is C14H25N3. The molecule has 3 heteroatoms. The Hall–Kier alpha value is -0.830. The van der Waals surface area contributed by atoms with Gasteiger partial charge in [0.05, 0.1) is 0 Å². The lowest BCUT2D eigenvalue weighted by atomic mass is 9.84. The Morgan fingerprint density at radius 1 is 1.35 bits per heavy atom.